The molecule has 0 atom stereocenters. The molecule has 0 N–H and O–H groups in total. The summed E-state index contributed by atoms with van der Waals surface area (Å²) < 4.78 is 2.50. The molecular formula is C19H13N3OS3. The minimum Gasteiger partial charge on any atom is -0.296 e. The molecule has 3 rings (SSSR count). The highest BCUT2D eigenvalue weighted by Crippen LogP contribution is 2.16. The Morgan fingerprint density at radius 2 is 1.96 bits per heavy atom. The van der Waals surface area contributed by atoms with Gasteiger partial charge in [-0.3, -0.25) is 9.36 Å². The van der Waals surface area contributed by atoms with Crippen LogP contribution >= 0.6 is 34.4 Å². The maximum absolute atomic E-state index is 12.8. The van der Waals surface area contributed by atoms with Gasteiger partial charge in [-0.15, -0.1) is 23.1 Å². The van der Waals surface area contributed by atoms with E-state index >= 15 is 0 Å². The van der Waals surface area contributed by atoms with Crippen LogP contribution in [0.2, 0.25) is 0 Å². The van der Waals surface area contributed by atoms with E-state index in [0.29, 0.717) is 21.5 Å². The number of nitriles is 2. The largest absolute Gasteiger partial charge is 0.296 e. The van der Waals surface area contributed by atoms with Crippen LogP contribution in [0.5, 0.6) is 0 Å². The van der Waals surface area contributed by atoms with Crippen LogP contribution in [0, 0.1) is 22.7 Å². The zero-order valence-electron chi connectivity index (χ0n) is 13.6. The molecule has 26 heavy (non-hydrogen) atoms. The maximum atomic E-state index is 12.8. The van der Waals surface area contributed by atoms with E-state index in [9.17, 15) is 15.3 Å². The fourth-order valence-electron chi connectivity index (χ4n) is 2.31. The van der Waals surface area contributed by atoms with E-state index in [4.69, 9.17) is 0 Å². The third-order valence-electron chi connectivity index (χ3n) is 3.51. The summed E-state index contributed by atoms with van der Waals surface area (Å²) in [7, 11) is 0. The van der Waals surface area contributed by atoms with Crippen molar-refractivity contribution >= 4 is 46.1 Å². The van der Waals surface area contributed by atoms with Crippen molar-refractivity contribution in [1.29, 1.82) is 10.5 Å². The number of nitrogens with zero attached hydrogens (tertiary/aromatic N) is 3. The molecule has 0 unspecified atom stereocenters. The smallest absolute Gasteiger partial charge is 0.269 e. The van der Waals surface area contributed by atoms with Crippen molar-refractivity contribution in [2.75, 3.05) is 5.75 Å². The van der Waals surface area contributed by atoms with E-state index in [2.05, 4.69) is 0 Å². The second kappa shape index (κ2) is 8.68. The van der Waals surface area contributed by atoms with Gasteiger partial charge in [-0.1, -0.05) is 18.2 Å². The van der Waals surface area contributed by atoms with Crippen molar-refractivity contribution in [2.24, 2.45) is 0 Å². The van der Waals surface area contributed by atoms with Gasteiger partial charge in [0.15, 0.2) is 5.57 Å². The highest BCUT2D eigenvalue weighted by molar-refractivity contribution is 7.99. The first-order chi connectivity index (χ1) is 12.7. The van der Waals surface area contributed by atoms with Gasteiger partial charge in [0.1, 0.15) is 16.8 Å². The van der Waals surface area contributed by atoms with Gasteiger partial charge in [0.05, 0.1) is 4.53 Å². The fraction of sp³-hybridized carbons (Fsp3) is 0.105. The zero-order valence-corrected chi connectivity index (χ0v) is 16.0. The minimum atomic E-state index is -0.159. The molecule has 0 saturated heterocycles. The summed E-state index contributed by atoms with van der Waals surface area (Å²) >= 11 is 4.39. The van der Waals surface area contributed by atoms with Gasteiger partial charge in [0, 0.05) is 17.2 Å². The van der Waals surface area contributed by atoms with E-state index < -0.39 is 0 Å². The van der Waals surface area contributed by atoms with Crippen LogP contribution in [-0.2, 0) is 6.54 Å². The first-order valence-corrected chi connectivity index (χ1v) is 10.4. The van der Waals surface area contributed by atoms with Gasteiger partial charge in [-0.2, -0.15) is 21.9 Å². The molecule has 4 nitrogen and oxygen atoms in total. The van der Waals surface area contributed by atoms with Crippen molar-refractivity contribution in [3.63, 3.8) is 0 Å². The second-order valence-corrected chi connectivity index (χ2v) is 8.17. The van der Waals surface area contributed by atoms with Gasteiger partial charge in [0.2, 0.25) is 0 Å². The molecule has 0 radical (unpaired) electrons. The van der Waals surface area contributed by atoms with Crippen LogP contribution in [0.1, 0.15) is 5.56 Å². The Morgan fingerprint density at radius 3 is 2.62 bits per heavy atom. The number of hydrogen-bond acceptors (Lipinski definition) is 6. The number of rotatable bonds is 5. The molecule has 0 bridgehead atoms. The van der Waals surface area contributed by atoms with Crippen LogP contribution < -0.4 is 14.8 Å². The average molecular weight is 396 g/mol. The van der Waals surface area contributed by atoms with Gasteiger partial charge >= 0.3 is 0 Å². The van der Waals surface area contributed by atoms with E-state index in [1.807, 2.05) is 59.3 Å². The summed E-state index contributed by atoms with van der Waals surface area (Å²) in [6.45, 7) is 0.439. The molecule has 3 aromatic rings. The summed E-state index contributed by atoms with van der Waals surface area (Å²) in [6.07, 6.45) is 1.81. The number of benzene rings is 1. The Hall–Kier alpha value is -2.58. The Labute approximate surface area is 162 Å². The van der Waals surface area contributed by atoms with E-state index in [-0.39, 0.29) is 11.1 Å². The molecule has 7 heteroatoms. The third kappa shape index (κ3) is 4.14. The van der Waals surface area contributed by atoms with Crippen molar-refractivity contribution in [2.45, 2.75) is 11.4 Å². The topological polar surface area (TPSA) is 69.6 Å². The average Bonchev–Trinajstić information content (AvgIpc) is 3.28. The Morgan fingerprint density at radius 1 is 1.19 bits per heavy atom. The fourth-order valence-corrected chi connectivity index (χ4v) is 4.86. The molecule has 0 aliphatic carbocycles. The first kappa shape index (κ1) is 18.2. The lowest BCUT2D eigenvalue weighted by Crippen LogP contribution is -2.32. The maximum Gasteiger partial charge on any atom is 0.269 e. The minimum absolute atomic E-state index is 0.0261. The summed E-state index contributed by atoms with van der Waals surface area (Å²) in [5.41, 5.74) is 0.760. The van der Waals surface area contributed by atoms with Gasteiger partial charge in [-0.25, -0.2) is 0 Å². The van der Waals surface area contributed by atoms with Crippen molar-refractivity contribution < 1.29 is 0 Å². The Kier molecular flexibility index (Phi) is 6.08. The number of thioether (sulfide) groups is 1. The molecule has 0 aliphatic heterocycles. The quantitative estimate of drug-likeness (QED) is 0.623. The number of aromatic nitrogens is 1. The molecule has 2 heterocycles. The van der Waals surface area contributed by atoms with Crippen LogP contribution in [-0.4, -0.2) is 10.3 Å². The lowest BCUT2D eigenvalue weighted by atomic mass is 10.3. The molecule has 0 saturated carbocycles. The second-order valence-electron chi connectivity index (χ2n) is 5.19. The van der Waals surface area contributed by atoms with Crippen LogP contribution in [0.3, 0.4) is 0 Å². The molecule has 0 aliphatic rings. The predicted octanol–water partition coefficient (Wildman–Crippen LogP) is 2.79. The predicted molar refractivity (Wildman–Crippen MR) is 108 cm³/mol. The zero-order chi connectivity index (χ0) is 18.4. The first-order valence-electron chi connectivity index (χ1n) is 7.69. The third-order valence-corrected chi connectivity index (χ3v) is 6.34. The standard InChI is InChI=1S/C19H13N3OS3/c20-11-15(12-21)19-22(7-9-25-16-4-2-1-3-5-16)18(23)17(26-19)10-14-6-8-24-13-14/h1-6,8,10,13H,7,9H2/b17-10-. The summed E-state index contributed by atoms with van der Waals surface area (Å²) in [6, 6.07) is 15.7. The SMILES string of the molecule is N#CC(C#N)=c1s/c(=C\c2ccsc2)c(=O)n1CCSc1ccccc1. The lowest BCUT2D eigenvalue weighted by molar-refractivity contribution is 0.730. The summed E-state index contributed by atoms with van der Waals surface area (Å²) in [4.78, 5) is 13.9. The molecule has 0 spiro atoms. The van der Waals surface area contributed by atoms with E-state index in [1.54, 1.807) is 33.7 Å². The molecule has 0 amide bonds. The van der Waals surface area contributed by atoms with Gasteiger partial charge in [0.25, 0.3) is 5.56 Å². The van der Waals surface area contributed by atoms with E-state index in [1.165, 1.54) is 11.3 Å². The van der Waals surface area contributed by atoms with Gasteiger partial charge < -0.3 is 0 Å². The monoisotopic (exact) mass is 395 g/mol. The Bertz CT molecular complexity index is 1130. The lowest BCUT2D eigenvalue weighted by Gasteiger charge is -2.03. The highest BCUT2D eigenvalue weighted by atomic mass is 32.2. The number of thiazole rings is 1. The van der Waals surface area contributed by atoms with Crippen molar-refractivity contribution in [3.8, 4) is 12.1 Å². The van der Waals surface area contributed by atoms with Crippen molar-refractivity contribution in [1.82, 2.24) is 4.57 Å². The van der Waals surface area contributed by atoms with Crippen molar-refractivity contribution in [3.05, 3.63) is 72.3 Å². The van der Waals surface area contributed by atoms with Crippen LogP contribution in [0.25, 0.3) is 11.6 Å². The summed E-state index contributed by atoms with van der Waals surface area (Å²) in [5.74, 6) is 0.676. The van der Waals surface area contributed by atoms with Gasteiger partial charge in [-0.05, 0) is 40.6 Å². The molecular weight excluding hydrogens is 382 g/mol. The van der Waals surface area contributed by atoms with E-state index in [0.717, 1.165) is 10.5 Å². The molecule has 128 valence electrons. The van der Waals surface area contributed by atoms with Crippen LogP contribution in [0.15, 0.2) is 56.8 Å². The Balaban J connectivity index is 1.99. The normalized spacial score (nSPS) is 11.1. The highest BCUT2D eigenvalue weighted by Gasteiger charge is 2.09. The summed E-state index contributed by atoms with van der Waals surface area (Å²) in [5, 5.41) is 22.4. The molecule has 0 fully saturated rings. The molecule has 2 aromatic heterocycles. The molecule has 1 aromatic carbocycles. The van der Waals surface area contributed by atoms with Crippen LogP contribution in [0.4, 0.5) is 0 Å². The number of thiophene rings is 1. The number of hydrogen-bond donors (Lipinski definition) is 0.